The summed E-state index contributed by atoms with van der Waals surface area (Å²) in [4.78, 5) is 27.3. The summed E-state index contributed by atoms with van der Waals surface area (Å²) in [7, 11) is 1.30. The van der Waals surface area contributed by atoms with E-state index in [1.54, 1.807) is 16.7 Å². The average Bonchev–Trinajstić information content (AvgIpc) is 2.93. The van der Waals surface area contributed by atoms with Crippen LogP contribution in [0.2, 0.25) is 0 Å². The van der Waals surface area contributed by atoms with Crippen molar-refractivity contribution in [2.45, 2.75) is 6.42 Å². The second-order valence-electron chi connectivity index (χ2n) is 5.01. The molecule has 0 aliphatic heterocycles. The molecular formula is C17H14N2O4. The van der Waals surface area contributed by atoms with Gasteiger partial charge < -0.3 is 14.2 Å². The van der Waals surface area contributed by atoms with Crippen LogP contribution in [0.1, 0.15) is 32.2 Å². The molecule has 3 aromatic rings. The molecule has 2 heterocycles. The largest absolute Gasteiger partial charge is 0.476 e. The molecule has 23 heavy (non-hydrogen) atoms. The van der Waals surface area contributed by atoms with Crippen molar-refractivity contribution in [1.82, 2.24) is 9.38 Å². The summed E-state index contributed by atoms with van der Waals surface area (Å²) in [6.45, 7) is 0. The zero-order valence-corrected chi connectivity index (χ0v) is 12.4. The maximum Gasteiger partial charge on any atom is 0.356 e. The van der Waals surface area contributed by atoms with Crippen molar-refractivity contribution in [3.8, 4) is 0 Å². The Bertz CT molecular complexity index is 884. The first-order valence-electron chi connectivity index (χ1n) is 6.96. The molecule has 0 aliphatic rings. The predicted octanol–water partition coefficient (Wildman–Crippen LogP) is 2.41. The van der Waals surface area contributed by atoms with E-state index in [2.05, 4.69) is 4.98 Å². The topological polar surface area (TPSA) is 80.9 Å². The maximum absolute atomic E-state index is 11.7. The predicted molar refractivity (Wildman–Crippen MR) is 82.7 cm³/mol. The van der Waals surface area contributed by atoms with Gasteiger partial charge in [-0.15, -0.1) is 0 Å². The fourth-order valence-corrected chi connectivity index (χ4v) is 2.45. The smallest absolute Gasteiger partial charge is 0.356 e. The fourth-order valence-electron chi connectivity index (χ4n) is 2.45. The number of carbonyl (C=O) groups is 2. The third kappa shape index (κ3) is 2.78. The number of carboxylic acids is 1. The fraction of sp³-hybridized carbons (Fsp3) is 0.118. The highest BCUT2D eigenvalue weighted by atomic mass is 16.5. The molecule has 3 rings (SSSR count). The standard InChI is InChI=1S/C17H14N2O4/c1-23-17(22)12-7-8-13-15(16(20)21)18-14(19(13)10-12)9-11-5-3-2-4-6-11/h2-8,10H,9H2,1H3,(H,20,21). The van der Waals surface area contributed by atoms with Gasteiger partial charge in [-0.05, 0) is 17.7 Å². The maximum atomic E-state index is 11.7. The van der Waals surface area contributed by atoms with Gasteiger partial charge in [-0.1, -0.05) is 30.3 Å². The molecule has 116 valence electrons. The summed E-state index contributed by atoms with van der Waals surface area (Å²) >= 11 is 0. The number of methoxy groups -OCH3 is 1. The van der Waals surface area contributed by atoms with E-state index in [0.717, 1.165) is 5.56 Å². The molecular weight excluding hydrogens is 296 g/mol. The molecule has 0 saturated carbocycles. The lowest BCUT2D eigenvalue weighted by molar-refractivity contribution is 0.0599. The minimum absolute atomic E-state index is 0.0349. The number of aromatic nitrogens is 2. The van der Waals surface area contributed by atoms with Gasteiger partial charge in [0.25, 0.3) is 0 Å². The zero-order valence-electron chi connectivity index (χ0n) is 12.4. The normalized spacial score (nSPS) is 10.7. The lowest BCUT2D eigenvalue weighted by atomic mass is 10.1. The van der Waals surface area contributed by atoms with Gasteiger partial charge in [0.2, 0.25) is 0 Å². The van der Waals surface area contributed by atoms with E-state index in [9.17, 15) is 14.7 Å². The van der Waals surface area contributed by atoms with Gasteiger partial charge in [-0.25, -0.2) is 14.6 Å². The number of benzene rings is 1. The minimum atomic E-state index is -1.10. The lowest BCUT2D eigenvalue weighted by Crippen LogP contribution is -2.04. The van der Waals surface area contributed by atoms with Crippen LogP contribution >= 0.6 is 0 Å². The Morgan fingerprint density at radius 2 is 1.91 bits per heavy atom. The van der Waals surface area contributed by atoms with Crippen LogP contribution in [0.5, 0.6) is 0 Å². The lowest BCUT2D eigenvalue weighted by Gasteiger charge is -2.04. The molecule has 0 atom stereocenters. The van der Waals surface area contributed by atoms with E-state index < -0.39 is 11.9 Å². The van der Waals surface area contributed by atoms with Gasteiger partial charge >= 0.3 is 11.9 Å². The summed E-state index contributed by atoms with van der Waals surface area (Å²) in [6.07, 6.45) is 2.01. The Morgan fingerprint density at radius 3 is 2.57 bits per heavy atom. The zero-order chi connectivity index (χ0) is 16.4. The van der Waals surface area contributed by atoms with Gasteiger partial charge in [0, 0.05) is 12.6 Å². The van der Waals surface area contributed by atoms with Crippen molar-refractivity contribution in [2.24, 2.45) is 0 Å². The van der Waals surface area contributed by atoms with E-state index in [4.69, 9.17) is 4.74 Å². The van der Waals surface area contributed by atoms with Crippen LogP contribution in [-0.2, 0) is 11.2 Å². The van der Waals surface area contributed by atoms with E-state index >= 15 is 0 Å². The van der Waals surface area contributed by atoms with Crippen molar-refractivity contribution >= 4 is 17.5 Å². The van der Waals surface area contributed by atoms with Gasteiger partial charge in [0.15, 0.2) is 5.69 Å². The first-order valence-corrected chi connectivity index (χ1v) is 6.96. The molecule has 1 aromatic carbocycles. The van der Waals surface area contributed by atoms with E-state index in [1.807, 2.05) is 30.3 Å². The summed E-state index contributed by atoms with van der Waals surface area (Å²) in [5.41, 5.74) is 1.74. The van der Waals surface area contributed by atoms with Gasteiger partial charge in [0.05, 0.1) is 18.2 Å². The minimum Gasteiger partial charge on any atom is -0.476 e. The Kier molecular flexibility index (Phi) is 3.80. The monoisotopic (exact) mass is 310 g/mol. The number of esters is 1. The highest BCUT2D eigenvalue weighted by molar-refractivity contribution is 5.95. The first-order chi connectivity index (χ1) is 11.1. The third-order valence-electron chi connectivity index (χ3n) is 3.54. The number of hydrogen-bond acceptors (Lipinski definition) is 4. The van der Waals surface area contributed by atoms with Gasteiger partial charge in [-0.2, -0.15) is 0 Å². The number of carboxylic acid groups (broad SMARTS) is 1. The SMILES string of the molecule is COC(=O)c1ccc2c(C(=O)O)nc(Cc3ccccc3)n2c1. The van der Waals surface area contributed by atoms with Crippen molar-refractivity contribution in [3.05, 3.63) is 71.3 Å². The second kappa shape index (κ2) is 5.92. The number of nitrogens with zero attached hydrogens (tertiary/aromatic N) is 2. The number of rotatable bonds is 4. The Hall–Kier alpha value is -3.15. The molecule has 6 nitrogen and oxygen atoms in total. The van der Waals surface area contributed by atoms with Crippen LogP contribution in [-0.4, -0.2) is 33.5 Å². The highest BCUT2D eigenvalue weighted by Gasteiger charge is 2.18. The average molecular weight is 310 g/mol. The number of aromatic carboxylic acids is 1. The molecule has 0 spiro atoms. The number of hydrogen-bond donors (Lipinski definition) is 1. The molecule has 0 saturated heterocycles. The van der Waals surface area contributed by atoms with Crippen LogP contribution in [0.25, 0.3) is 5.52 Å². The van der Waals surface area contributed by atoms with E-state index in [0.29, 0.717) is 23.3 Å². The van der Waals surface area contributed by atoms with Crippen LogP contribution < -0.4 is 0 Å². The molecule has 2 aromatic heterocycles. The second-order valence-corrected chi connectivity index (χ2v) is 5.01. The molecule has 0 aliphatic carbocycles. The summed E-state index contributed by atoms with van der Waals surface area (Å²) in [5.74, 6) is -1.04. The van der Waals surface area contributed by atoms with Crippen LogP contribution in [0.15, 0.2) is 48.7 Å². The van der Waals surface area contributed by atoms with Crippen molar-refractivity contribution in [3.63, 3.8) is 0 Å². The summed E-state index contributed by atoms with van der Waals surface area (Å²) < 4.78 is 6.34. The quantitative estimate of drug-likeness (QED) is 0.748. The molecule has 1 N–H and O–H groups in total. The van der Waals surface area contributed by atoms with E-state index in [1.165, 1.54) is 13.2 Å². The molecule has 0 amide bonds. The first kappa shape index (κ1) is 14.8. The summed E-state index contributed by atoms with van der Waals surface area (Å²) in [5, 5.41) is 9.32. The van der Waals surface area contributed by atoms with Gasteiger partial charge in [-0.3, -0.25) is 0 Å². The number of ether oxygens (including phenoxy) is 1. The Labute approximate surface area is 132 Å². The van der Waals surface area contributed by atoms with Crippen LogP contribution in [0.3, 0.4) is 0 Å². The molecule has 0 unspecified atom stereocenters. The molecule has 0 fully saturated rings. The van der Waals surface area contributed by atoms with Crippen molar-refractivity contribution in [2.75, 3.05) is 7.11 Å². The molecule has 0 bridgehead atoms. The van der Waals surface area contributed by atoms with Gasteiger partial charge in [0.1, 0.15) is 5.82 Å². The number of pyridine rings is 1. The van der Waals surface area contributed by atoms with E-state index in [-0.39, 0.29) is 5.69 Å². The number of carbonyl (C=O) groups excluding carboxylic acids is 1. The van der Waals surface area contributed by atoms with Crippen LogP contribution in [0, 0.1) is 0 Å². The number of fused-ring (bicyclic) bond motifs is 1. The molecule has 0 radical (unpaired) electrons. The van der Waals surface area contributed by atoms with Crippen molar-refractivity contribution in [1.29, 1.82) is 0 Å². The Morgan fingerprint density at radius 1 is 1.17 bits per heavy atom. The van der Waals surface area contributed by atoms with Crippen molar-refractivity contribution < 1.29 is 19.4 Å². The van der Waals surface area contributed by atoms with Crippen LogP contribution in [0.4, 0.5) is 0 Å². The number of imidazole rings is 1. The highest BCUT2D eigenvalue weighted by Crippen LogP contribution is 2.18. The Balaban J connectivity index is 2.15. The summed E-state index contributed by atoms with van der Waals surface area (Å²) in [6, 6.07) is 12.7. The molecule has 6 heteroatoms. The third-order valence-corrected chi connectivity index (χ3v) is 3.54.